The highest BCUT2D eigenvalue weighted by Gasteiger charge is 2.22. The van der Waals surface area contributed by atoms with Crippen LogP contribution in [0.15, 0.2) is 54.6 Å². The number of esters is 2. The molecule has 0 N–H and O–H groups in total. The minimum absolute atomic E-state index is 0.238. The van der Waals surface area contributed by atoms with Crippen molar-refractivity contribution in [1.82, 2.24) is 0 Å². The average molecular weight is 368 g/mol. The third-order valence-electron chi connectivity index (χ3n) is 4.38. The maximum atomic E-state index is 12.8. The molecule has 0 amide bonds. The Morgan fingerprint density at radius 1 is 0.815 bits per heavy atom. The first-order valence-electron chi connectivity index (χ1n) is 9.69. The van der Waals surface area contributed by atoms with Crippen molar-refractivity contribution >= 4 is 11.9 Å². The van der Waals surface area contributed by atoms with Gasteiger partial charge in [0.1, 0.15) is 6.10 Å². The van der Waals surface area contributed by atoms with E-state index in [4.69, 9.17) is 9.47 Å². The highest BCUT2D eigenvalue weighted by molar-refractivity contribution is 6.03. The molecule has 0 radical (unpaired) electrons. The SMILES string of the molecule is CCCCCCC(OC(=O)c1ccccc1C(=O)OCC)c1ccccc1. The highest BCUT2D eigenvalue weighted by Crippen LogP contribution is 2.26. The number of ether oxygens (including phenoxy) is 2. The van der Waals surface area contributed by atoms with E-state index in [9.17, 15) is 9.59 Å². The van der Waals surface area contributed by atoms with Crippen molar-refractivity contribution in [3.05, 3.63) is 71.3 Å². The summed E-state index contributed by atoms with van der Waals surface area (Å²) in [7, 11) is 0. The molecule has 2 rings (SSSR count). The van der Waals surface area contributed by atoms with E-state index >= 15 is 0 Å². The maximum absolute atomic E-state index is 12.8. The Bertz CT molecular complexity index is 724. The Hall–Kier alpha value is -2.62. The van der Waals surface area contributed by atoms with Gasteiger partial charge in [-0.2, -0.15) is 0 Å². The summed E-state index contributed by atoms with van der Waals surface area (Å²) >= 11 is 0. The smallest absolute Gasteiger partial charge is 0.339 e. The second-order valence-corrected chi connectivity index (χ2v) is 6.42. The van der Waals surface area contributed by atoms with Crippen LogP contribution in [0.4, 0.5) is 0 Å². The van der Waals surface area contributed by atoms with E-state index in [1.54, 1.807) is 31.2 Å². The van der Waals surface area contributed by atoms with Crippen molar-refractivity contribution in [3.8, 4) is 0 Å². The number of carbonyl (C=O) groups excluding carboxylic acids is 2. The first-order valence-corrected chi connectivity index (χ1v) is 9.69. The highest BCUT2D eigenvalue weighted by atomic mass is 16.5. The molecule has 4 heteroatoms. The van der Waals surface area contributed by atoms with Gasteiger partial charge in [-0.05, 0) is 37.5 Å². The largest absolute Gasteiger partial charge is 0.462 e. The molecule has 0 spiro atoms. The summed E-state index contributed by atoms with van der Waals surface area (Å²) in [6.45, 7) is 4.16. The van der Waals surface area contributed by atoms with Crippen molar-refractivity contribution in [3.63, 3.8) is 0 Å². The quantitative estimate of drug-likeness (QED) is 0.397. The van der Waals surface area contributed by atoms with Crippen molar-refractivity contribution < 1.29 is 19.1 Å². The molecular formula is C23H28O4. The van der Waals surface area contributed by atoms with Crippen LogP contribution >= 0.6 is 0 Å². The fraction of sp³-hybridized carbons (Fsp3) is 0.391. The number of hydrogen-bond donors (Lipinski definition) is 0. The molecule has 27 heavy (non-hydrogen) atoms. The van der Waals surface area contributed by atoms with E-state index < -0.39 is 11.9 Å². The van der Waals surface area contributed by atoms with Crippen LogP contribution in [0.2, 0.25) is 0 Å². The van der Waals surface area contributed by atoms with Crippen LogP contribution in [0.3, 0.4) is 0 Å². The number of carbonyl (C=O) groups is 2. The van der Waals surface area contributed by atoms with Crippen molar-refractivity contribution in [2.45, 2.75) is 52.1 Å². The number of benzene rings is 2. The molecule has 0 aromatic heterocycles. The molecule has 4 nitrogen and oxygen atoms in total. The van der Waals surface area contributed by atoms with Gasteiger partial charge in [0.25, 0.3) is 0 Å². The maximum Gasteiger partial charge on any atom is 0.339 e. The molecule has 0 aliphatic rings. The fourth-order valence-corrected chi connectivity index (χ4v) is 2.96. The van der Waals surface area contributed by atoms with Crippen LogP contribution in [0.1, 0.15) is 78.3 Å². The Morgan fingerprint density at radius 2 is 1.44 bits per heavy atom. The van der Waals surface area contributed by atoms with E-state index in [-0.39, 0.29) is 23.8 Å². The van der Waals surface area contributed by atoms with Crippen LogP contribution in [0, 0.1) is 0 Å². The van der Waals surface area contributed by atoms with Gasteiger partial charge < -0.3 is 9.47 Å². The van der Waals surface area contributed by atoms with E-state index in [2.05, 4.69) is 6.92 Å². The predicted octanol–water partition coefficient (Wildman–Crippen LogP) is 5.73. The van der Waals surface area contributed by atoms with Crippen molar-refractivity contribution in [1.29, 1.82) is 0 Å². The van der Waals surface area contributed by atoms with Gasteiger partial charge in [0, 0.05) is 0 Å². The molecule has 0 saturated carbocycles. The Morgan fingerprint density at radius 3 is 2.07 bits per heavy atom. The Kier molecular flexibility index (Phi) is 8.56. The van der Waals surface area contributed by atoms with Crippen LogP contribution in [0.5, 0.6) is 0 Å². The van der Waals surface area contributed by atoms with Gasteiger partial charge in [0.2, 0.25) is 0 Å². The molecule has 1 unspecified atom stereocenters. The first-order chi connectivity index (χ1) is 13.2. The summed E-state index contributed by atoms with van der Waals surface area (Å²) in [5, 5.41) is 0. The van der Waals surface area contributed by atoms with Crippen LogP contribution in [0.25, 0.3) is 0 Å². The minimum Gasteiger partial charge on any atom is -0.462 e. The molecule has 1 atom stereocenters. The zero-order valence-corrected chi connectivity index (χ0v) is 16.1. The van der Waals surface area contributed by atoms with Crippen molar-refractivity contribution in [2.24, 2.45) is 0 Å². The third kappa shape index (κ3) is 6.24. The van der Waals surface area contributed by atoms with E-state index in [1.165, 1.54) is 6.42 Å². The average Bonchev–Trinajstić information content (AvgIpc) is 2.71. The topological polar surface area (TPSA) is 52.6 Å². The standard InChI is InChI=1S/C23H28O4/c1-3-5-6-10-17-21(18-13-8-7-9-14-18)27-23(25)20-16-12-11-15-19(20)22(24)26-4-2/h7-9,11-16,21H,3-6,10,17H2,1-2H3. The molecule has 2 aromatic rings. The zero-order valence-electron chi connectivity index (χ0n) is 16.1. The van der Waals surface area contributed by atoms with Gasteiger partial charge >= 0.3 is 11.9 Å². The van der Waals surface area contributed by atoms with E-state index in [1.807, 2.05) is 30.3 Å². The van der Waals surface area contributed by atoms with Gasteiger partial charge in [-0.3, -0.25) is 0 Å². The summed E-state index contributed by atoms with van der Waals surface area (Å²) in [4.78, 5) is 25.0. The fourth-order valence-electron chi connectivity index (χ4n) is 2.96. The summed E-state index contributed by atoms with van der Waals surface area (Å²) in [5.74, 6) is -1.01. The monoisotopic (exact) mass is 368 g/mol. The summed E-state index contributed by atoms with van der Waals surface area (Å²) in [6, 6.07) is 16.4. The second kappa shape index (κ2) is 11.2. The lowest BCUT2D eigenvalue weighted by molar-refractivity contribution is 0.0262. The van der Waals surface area contributed by atoms with Crippen LogP contribution in [-0.4, -0.2) is 18.5 Å². The van der Waals surface area contributed by atoms with Gasteiger partial charge in [-0.15, -0.1) is 0 Å². The van der Waals surface area contributed by atoms with Crippen LogP contribution in [-0.2, 0) is 9.47 Å². The lowest BCUT2D eigenvalue weighted by Gasteiger charge is -2.19. The second-order valence-electron chi connectivity index (χ2n) is 6.42. The lowest BCUT2D eigenvalue weighted by Crippen LogP contribution is -2.16. The van der Waals surface area contributed by atoms with E-state index in [0.717, 1.165) is 31.2 Å². The molecule has 0 saturated heterocycles. The normalized spacial score (nSPS) is 11.6. The van der Waals surface area contributed by atoms with Gasteiger partial charge in [0.15, 0.2) is 0 Å². The first kappa shape index (κ1) is 20.7. The van der Waals surface area contributed by atoms with Crippen molar-refractivity contribution in [2.75, 3.05) is 6.61 Å². The molecular weight excluding hydrogens is 340 g/mol. The van der Waals surface area contributed by atoms with Crippen LogP contribution < -0.4 is 0 Å². The number of rotatable bonds is 10. The Labute approximate surface area is 161 Å². The molecule has 0 fully saturated rings. The Balaban J connectivity index is 2.17. The lowest BCUT2D eigenvalue weighted by atomic mass is 10.0. The summed E-state index contributed by atoms with van der Waals surface area (Å²) < 4.78 is 10.9. The zero-order chi connectivity index (χ0) is 19.5. The molecule has 0 heterocycles. The van der Waals surface area contributed by atoms with Gasteiger partial charge in [-0.25, -0.2) is 9.59 Å². The third-order valence-corrected chi connectivity index (χ3v) is 4.38. The number of hydrogen-bond acceptors (Lipinski definition) is 4. The molecule has 2 aromatic carbocycles. The molecule has 144 valence electrons. The predicted molar refractivity (Wildman–Crippen MR) is 106 cm³/mol. The van der Waals surface area contributed by atoms with E-state index in [0.29, 0.717) is 0 Å². The number of unbranched alkanes of at least 4 members (excludes halogenated alkanes) is 3. The summed E-state index contributed by atoms with van der Waals surface area (Å²) in [5.41, 5.74) is 1.45. The molecule has 0 bridgehead atoms. The molecule has 0 aliphatic heterocycles. The minimum atomic E-state index is -0.510. The van der Waals surface area contributed by atoms with Gasteiger partial charge in [-0.1, -0.05) is 68.7 Å². The summed E-state index contributed by atoms with van der Waals surface area (Å²) in [6.07, 6.45) is 4.85. The van der Waals surface area contributed by atoms with Gasteiger partial charge in [0.05, 0.1) is 17.7 Å². The molecule has 0 aliphatic carbocycles.